The standard InChI is InChI=1S/C25H24N6/c1-18-3-7-21(8-4-18)24-22(20-9-5-19(16-26)6-10-20)15-23-25(28-27-17-31(23)24)30-13-11-29(2)12-14-30/h3-10,15,17H,11-14H2,1-2H3. The third kappa shape index (κ3) is 3.54. The molecule has 2 aromatic carbocycles. The molecule has 1 fully saturated rings. The Morgan fingerprint density at radius 1 is 0.903 bits per heavy atom. The molecule has 0 amide bonds. The van der Waals surface area contributed by atoms with Gasteiger partial charge in [-0.3, -0.25) is 4.40 Å². The average molecular weight is 409 g/mol. The van der Waals surface area contributed by atoms with Gasteiger partial charge in [0.25, 0.3) is 0 Å². The molecule has 1 aliphatic rings. The quantitative estimate of drug-likeness (QED) is 0.513. The van der Waals surface area contributed by atoms with Gasteiger partial charge in [-0.05, 0) is 43.3 Å². The van der Waals surface area contributed by atoms with Crippen LogP contribution >= 0.6 is 0 Å². The number of nitriles is 1. The maximum atomic E-state index is 9.19. The topological polar surface area (TPSA) is 60.5 Å². The lowest BCUT2D eigenvalue weighted by molar-refractivity contribution is 0.312. The van der Waals surface area contributed by atoms with E-state index in [0.717, 1.165) is 59.9 Å². The number of hydrogen-bond donors (Lipinski definition) is 0. The summed E-state index contributed by atoms with van der Waals surface area (Å²) in [5, 5.41) is 18.1. The second-order valence-corrected chi connectivity index (χ2v) is 8.16. The molecule has 6 nitrogen and oxygen atoms in total. The van der Waals surface area contributed by atoms with E-state index in [1.807, 2.05) is 24.3 Å². The number of fused-ring (bicyclic) bond motifs is 1. The number of benzene rings is 2. The zero-order valence-electron chi connectivity index (χ0n) is 17.8. The van der Waals surface area contributed by atoms with Crippen molar-refractivity contribution in [3.63, 3.8) is 0 Å². The van der Waals surface area contributed by atoms with E-state index < -0.39 is 0 Å². The van der Waals surface area contributed by atoms with E-state index in [9.17, 15) is 5.26 Å². The fourth-order valence-electron chi connectivity index (χ4n) is 4.19. The Kier molecular flexibility index (Phi) is 4.89. The highest BCUT2D eigenvalue weighted by Crippen LogP contribution is 2.37. The molecule has 0 N–H and O–H groups in total. The van der Waals surface area contributed by atoms with Crippen LogP contribution in [0.1, 0.15) is 11.1 Å². The molecule has 6 heteroatoms. The number of likely N-dealkylation sites (N-methyl/N-ethyl adjacent to an activating group) is 1. The SMILES string of the molecule is Cc1ccc(-c2c(-c3ccc(C#N)cc3)cc3c(N4CCN(C)CC4)nncn23)cc1. The Labute approximate surface area is 182 Å². The van der Waals surface area contributed by atoms with E-state index in [0.29, 0.717) is 5.56 Å². The number of hydrogen-bond acceptors (Lipinski definition) is 5. The maximum Gasteiger partial charge on any atom is 0.175 e. The van der Waals surface area contributed by atoms with Crippen molar-refractivity contribution in [2.24, 2.45) is 0 Å². The molecule has 0 bridgehead atoms. The van der Waals surface area contributed by atoms with E-state index in [4.69, 9.17) is 0 Å². The second kappa shape index (κ2) is 7.86. The Morgan fingerprint density at radius 3 is 2.26 bits per heavy atom. The van der Waals surface area contributed by atoms with E-state index in [-0.39, 0.29) is 0 Å². The van der Waals surface area contributed by atoms with Crippen LogP contribution in [0.2, 0.25) is 0 Å². The van der Waals surface area contributed by atoms with Crippen LogP contribution in [0.15, 0.2) is 60.9 Å². The zero-order valence-corrected chi connectivity index (χ0v) is 17.8. The minimum absolute atomic E-state index is 0.658. The molecule has 154 valence electrons. The van der Waals surface area contributed by atoms with Crippen molar-refractivity contribution in [3.05, 3.63) is 72.1 Å². The Morgan fingerprint density at radius 2 is 1.58 bits per heavy atom. The lowest BCUT2D eigenvalue weighted by Gasteiger charge is -2.33. The van der Waals surface area contributed by atoms with Crippen LogP contribution in [0.3, 0.4) is 0 Å². The van der Waals surface area contributed by atoms with Gasteiger partial charge in [-0.1, -0.05) is 42.0 Å². The molecule has 0 atom stereocenters. The number of aromatic nitrogens is 3. The zero-order chi connectivity index (χ0) is 21.4. The van der Waals surface area contributed by atoms with Gasteiger partial charge in [-0.25, -0.2) is 0 Å². The summed E-state index contributed by atoms with van der Waals surface area (Å²) in [6.45, 7) is 5.98. The fraction of sp³-hybridized carbons (Fsp3) is 0.240. The first-order valence-electron chi connectivity index (χ1n) is 10.5. The molecule has 31 heavy (non-hydrogen) atoms. The minimum Gasteiger partial charge on any atom is -0.351 e. The summed E-state index contributed by atoms with van der Waals surface area (Å²) in [6.07, 6.45) is 1.80. The highest BCUT2D eigenvalue weighted by Gasteiger charge is 2.22. The van der Waals surface area contributed by atoms with Crippen LogP contribution < -0.4 is 4.90 Å². The molecule has 5 rings (SSSR count). The van der Waals surface area contributed by atoms with Crippen LogP contribution in [0, 0.1) is 18.3 Å². The van der Waals surface area contributed by atoms with Crippen molar-refractivity contribution in [3.8, 4) is 28.5 Å². The lowest BCUT2D eigenvalue weighted by atomic mass is 10.00. The number of anilines is 1. The van der Waals surface area contributed by atoms with Gasteiger partial charge in [-0.2, -0.15) is 5.26 Å². The van der Waals surface area contributed by atoms with E-state index in [1.165, 1.54) is 5.56 Å². The summed E-state index contributed by atoms with van der Waals surface area (Å²) in [4.78, 5) is 4.66. The molecular weight excluding hydrogens is 384 g/mol. The molecule has 3 heterocycles. The van der Waals surface area contributed by atoms with E-state index in [2.05, 4.69) is 74.8 Å². The monoisotopic (exact) mass is 408 g/mol. The molecule has 0 saturated carbocycles. The number of piperazine rings is 1. The van der Waals surface area contributed by atoms with Crippen molar-refractivity contribution in [2.45, 2.75) is 6.92 Å². The lowest BCUT2D eigenvalue weighted by Crippen LogP contribution is -2.45. The van der Waals surface area contributed by atoms with E-state index in [1.54, 1.807) is 6.33 Å². The third-order valence-corrected chi connectivity index (χ3v) is 6.04. The normalized spacial score (nSPS) is 14.7. The molecule has 0 radical (unpaired) electrons. The van der Waals surface area contributed by atoms with Crippen molar-refractivity contribution in [1.82, 2.24) is 19.5 Å². The molecule has 0 unspecified atom stereocenters. The van der Waals surface area contributed by atoms with Gasteiger partial charge < -0.3 is 9.80 Å². The number of nitrogens with zero attached hydrogens (tertiary/aromatic N) is 6. The van der Waals surface area contributed by atoms with Gasteiger partial charge >= 0.3 is 0 Å². The number of rotatable bonds is 3. The van der Waals surface area contributed by atoms with Crippen molar-refractivity contribution in [2.75, 3.05) is 38.1 Å². The molecule has 2 aromatic heterocycles. The Bertz CT molecular complexity index is 1260. The summed E-state index contributed by atoms with van der Waals surface area (Å²) in [7, 11) is 2.15. The summed E-state index contributed by atoms with van der Waals surface area (Å²) < 4.78 is 2.15. The molecule has 0 aliphatic carbocycles. The largest absolute Gasteiger partial charge is 0.351 e. The molecular formula is C25H24N6. The number of aryl methyl sites for hydroxylation is 1. The first-order chi connectivity index (χ1) is 15.1. The van der Waals surface area contributed by atoms with Gasteiger partial charge in [0.2, 0.25) is 0 Å². The third-order valence-electron chi connectivity index (χ3n) is 6.04. The summed E-state index contributed by atoms with van der Waals surface area (Å²) >= 11 is 0. The molecule has 4 aromatic rings. The Balaban J connectivity index is 1.72. The fourth-order valence-corrected chi connectivity index (χ4v) is 4.19. The highest BCUT2D eigenvalue weighted by molar-refractivity contribution is 5.90. The Hall–Kier alpha value is -3.69. The van der Waals surface area contributed by atoms with Crippen molar-refractivity contribution < 1.29 is 0 Å². The van der Waals surface area contributed by atoms with Gasteiger partial charge in [0.1, 0.15) is 6.33 Å². The maximum absolute atomic E-state index is 9.19. The van der Waals surface area contributed by atoms with Crippen molar-refractivity contribution >= 4 is 11.3 Å². The van der Waals surface area contributed by atoms with Gasteiger partial charge in [0, 0.05) is 31.7 Å². The van der Waals surface area contributed by atoms with Crippen LogP contribution in [0.25, 0.3) is 27.9 Å². The highest BCUT2D eigenvalue weighted by atomic mass is 15.3. The van der Waals surface area contributed by atoms with Gasteiger partial charge in [0.05, 0.1) is 22.8 Å². The summed E-state index contributed by atoms with van der Waals surface area (Å²) in [5.41, 5.74) is 7.33. The second-order valence-electron chi connectivity index (χ2n) is 8.16. The summed E-state index contributed by atoms with van der Waals surface area (Å²) in [6, 6.07) is 20.8. The minimum atomic E-state index is 0.658. The van der Waals surface area contributed by atoms with Crippen LogP contribution in [0.5, 0.6) is 0 Å². The summed E-state index contributed by atoms with van der Waals surface area (Å²) in [5.74, 6) is 0.920. The average Bonchev–Trinajstić information content (AvgIpc) is 3.20. The van der Waals surface area contributed by atoms with Gasteiger partial charge in [-0.15, -0.1) is 10.2 Å². The molecule has 1 saturated heterocycles. The van der Waals surface area contributed by atoms with Gasteiger partial charge in [0.15, 0.2) is 5.82 Å². The predicted molar refractivity (Wildman–Crippen MR) is 123 cm³/mol. The predicted octanol–water partition coefficient (Wildman–Crippen LogP) is 4.00. The molecule has 1 aliphatic heterocycles. The van der Waals surface area contributed by atoms with Crippen LogP contribution in [0.4, 0.5) is 5.82 Å². The van der Waals surface area contributed by atoms with Crippen LogP contribution in [-0.4, -0.2) is 52.7 Å². The van der Waals surface area contributed by atoms with Crippen LogP contribution in [-0.2, 0) is 0 Å². The first-order valence-corrected chi connectivity index (χ1v) is 10.5. The van der Waals surface area contributed by atoms with Crippen molar-refractivity contribution in [1.29, 1.82) is 5.26 Å². The first kappa shape index (κ1) is 19.3. The molecule has 0 spiro atoms. The smallest absolute Gasteiger partial charge is 0.175 e. The van der Waals surface area contributed by atoms with E-state index >= 15 is 0 Å².